The van der Waals surface area contributed by atoms with E-state index in [1.54, 1.807) is 55.8 Å². The molecule has 1 saturated heterocycles. The van der Waals surface area contributed by atoms with E-state index in [0.29, 0.717) is 41.7 Å². The number of ether oxygens (including phenoxy) is 3. The van der Waals surface area contributed by atoms with Crippen molar-refractivity contribution < 1.29 is 28.9 Å². The fourth-order valence-electron chi connectivity index (χ4n) is 4.25. The topological polar surface area (TPSA) is 98.2 Å². The minimum Gasteiger partial charge on any atom is -0.507 e. The number of Topliss-reactive ketones (excluding diaryl/α,β-unsaturated/α-hetero) is 1. The van der Waals surface area contributed by atoms with Crippen molar-refractivity contribution in [2.24, 2.45) is 0 Å². The minimum atomic E-state index is -0.876. The van der Waals surface area contributed by atoms with Crippen LogP contribution < -0.4 is 14.2 Å². The van der Waals surface area contributed by atoms with Crippen molar-refractivity contribution in [1.29, 1.82) is 0 Å². The summed E-state index contributed by atoms with van der Waals surface area (Å²) in [6.07, 6.45) is 1.59. The number of ketones is 1. The fraction of sp³-hybridized carbons (Fsp3) is 0.192. The molecule has 5 rings (SSSR count). The molecule has 8 nitrogen and oxygen atoms in total. The van der Waals surface area contributed by atoms with Crippen LogP contribution in [0.15, 0.2) is 72.4 Å². The molecular weight excluding hydrogens is 436 g/mol. The lowest BCUT2D eigenvalue weighted by Gasteiger charge is -2.25. The van der Waals surface area contributed by atoms with Gasteiger partial charge in [0.05, 0.1) is 24.9 Å². The van der Waals surface area contributed by atoms with Crippen LogP contribution >= 0.6 is 0 Å². The van der Waals surface area contributed by atoms with Gasteiger partial charge in [0.15, 0.2) is 11.5 Å². The number of carbonyl (C=O) groups is 2. The van der Waals surface area contributed by atoms with Crippen LogP contribution in [0.4, 0.5) is 0 Å². The largest absolute Gasteiger partial charge is 0.507 e. The van der Waals surface area contributed by atoms with Gasteiger partial charge in [0.2, 0.25) is 0 Å². The number of para-hydroxylation sites is 1. The zero-order valence-corrected chi connectivity index (χ0v) is 18.4. The number of benzene rings is 2. The second-order valence-electron chi connectivity index (χ2n) is 7.85. The summed E-state index contributed by atoms with van der Waals surface area (Å²) in [5, 5.41) is 11.3. The van der Waals surface area contributed by atoms with E-state index in [1.807, 2.05) is 18.2 Å². The lowest BCUT2D eigenvalue weighted by Crippen LogP contribution is -2.29. The molecule has 172 valence electrons. The molecule has 3 heterocycles. The van der Waals surface area contributed by atoms with Gasteiger partial charge in [-0.05, 0) is 36.4 Å². The molecule has 8 heteroatoms. The van der Waals surface area contributed by atoms with E-state index >= 15 is 0 Å². The first-order valence-corrected chi connectivity index (χ1v) is 10.8. The molecule has 1 N–H and O–H groups in total. The summed E-state index contributed by atoms with van der Waals surface area (Å²) in [5.41, 5.74) is 1.51. The first-order chi connectivity index (χ1) is 16.6. The second-order valence-corrected chi connectivity index (χ2v) is 7.85. The van der Waals surface area contributed by atoms with Crippen LogP contribution in [0.5, 0.6) is 17.2 Å². The number of aliphatic hydroxyl groups is 1. The Balaban J connectivity index is 1.62. The van der Waals surface area contributed by atoms with Gasteiger partial charge in [0, 0.05) is 17.3 Å². The summed E-state index contributed by atoms with van der Waals surface area (Å²) >= 11 is 0. The lowest BCUT2D eigenvalue weighted by molar-refractivity contribution is -0.140. The standard InChI is InChI=1S/C26H22N2O6/c1-32-19-8-3-2-6-17(19)15-28-23(18-7-4-5-11-27-18)22(25(30)26(28)31)24(29)16-9-10-20-21(14-16)34-13-12-33-20/h2-11,14,23,29H,12-13,15H2,1H3/b24-22-. The number of likely N-dealkylation sites (tertiary alicyclic amines) is 1. The fourth-order valence-corrected chi connectivity index (χ4v) is 4.25. The number of amides is 1. The number of aromatic nitrogens is 1. The molecule has 2 aliphatic rings. The molecule has 1 amide bonds. The zero-order valence-electron chi connectivity index (χ0n) is 18.4. The highest BCUT2D eigenvalue weighted by Crippen LogP contribution is 2.41. The Hall–Kier alpha value is -4.33. The highest BCUT2D eigenvalue weighted by Gasteiger charge is 2.47. The maximum Gasteiger partial charge on any atom is 0.296 e. The smallest absolute Gasteiger partial charge is 0.296 e. The van der Waals surface area contributed by atoms with E-state index in [1.165, 1.54) is 4.90 Å². The number of pyridine rings is 1. The number of nitrogens with zero attached hydrogens (tertiary/aromatic N) is 2. The number of carbonyl (C=O) groups excluding carboxylic acids is 2. The van der Waals surface area contributed by atoms with Gasteiger partial charge in [-0.15, -0.1) is 0 Å². The predicted molar refractivity (Wildman–Crippen MR) is 123 cm³/mol. The molecule has 34 heavy (non-hydrogen) atoms. The Bertz CT molecular complexity index is 1290. The summed E-state index contributed by atoms with van der Waals surface area (Å²) in [4.78, 5) is 32.2. The average molecular weight is 458 g/mol. The molecule has 2 aliphatic heterocycles. The molecule has 0 radical (unpaired) electrons. The van der Waals surface area contributed by atoms with Crippen molar-refractivity contribution in [1.82, 2.24) is 9.88 Å². The van der Waals surface area contributed by atoms with Crippen LogP contribution in [0, 0.1) is 0 Å². The Morgan fingerprint density at radius 2 is 1.82 bits per heavy atom. The van der Waals surface area contributed by atoms with Crippen molar-refractivity contribution >= 4 is 17.4 Å². The van der Waals surface area contributed by atoms with Crippen molar-refractivity contribution in [2.45, 2.75) is 12.6 Å². The van der Waals surface area contributed by atoms with Gasteiger partial charge in [-0.1, -0.05) is 24.3 Å². The third-order valence-electron chi connectivity index (χ3n) is 5.86. The SMILES string of the molecule is COc1ccccc1CN1C(=O)C(=O)/C(=C(\O)c2ccc3c(c2)OCCO3)C1c1ccccn1. The van der Waals surface area contributed by atoms with E-state index in [9.17, 15) is 14.7 Å². The number of hydrogen-bond donors (Lipinski definition) is 1. The van der Waals surface area contributed by atoms with Gasteiger partial charge >= 0.3 is 0 Å². The molecule has 0 aliphatic carbocycles. The molecular formula is C26H22N2O6. The van der Waals surface area contributed by atoms with Crippen LogP contribution in [-0.2, 0) is 16.1 Å². The monoisotopic (exact) mass is 458 g/mol. The van der Waals surface area contributed by atoms with Gasteiger partial charge in [-0.25, -0.2) is 0 Å². The highest BCUT2D eigenvalue weighted by atomic mass is 16.6. The van der Waals surface area contributed by atoms with Crippen LogP contribution in [-0.4, -0.2) is 47.0 Å². The van der Waals surface area contributed by atoms with Crippen molar-refractivity contribution in [3.63, 3.8) is 0 Å². The van der Waals surface area contributed by atoms with Gasteiger partial charge in [-0.2, -0.15) is 0 Å². The van der Waals surface area contributed by atoms with Gasteiger partial charge in [0.25, 0.3) is 11.7 Å². The van der Waals surface area contributed by atoms with Crippen molar-refractivity contribution in [3.8, 4) is 17.2 Å². The number of rotatable bonds is 5. The summed E-state index contributed by atoms with van der Waals surface area (Å²) in [7, 11) is 1.55. The maximum atomic E-state index is 13.2. The molecule has 0 saturated carbocycles. The molecule has 1 atom stereocenters. The summed E-state index contributed by atoms with van der Waals surface area (Å²) in [5.74, 6) is -0.184. The Labute approximate surface area is 196 Å². The summed E-state index contributed by atoms with van der Waals surface area (Å²) < 4.78 is 16.6. The van der Waals surface area contributed by atoms with Crippen LogP contribution in [0.1, 0.15) is 22.9 Å². The van der Waals surface area contributed by atoms with Crippen molar-refractivity contribution in [2.75, 3.05) is 20.3 Å². The maximum absolute atomic E-state index is 13.2. The summed E-state index contributed by atoms with van der Waals surface area (Å²) in [6.45, 7) is 0.925. The molecule has 0 spiro atoms. The number of fused-ring (bicyclic) bond motifs is 1. The quantitative estimate of drug-likeness (QED) is 0.355. The van der Waals surface area contributed by atoms with E-state index in [-0.39, 0.29) is 17.9 Å². The lowest BCUT2D eigenvalue weighted by atomic mass is 9.98. The molecule has 1 unspecified atom stereocenters. The normalized spacial score (nSPS) is 18.7. The Kier molecular flexibility index (Phi) is 5.63. The highest BCUT2D eigenvalue weighted by molar-refractivity contribution is 6.46. The van der Waals surface area contributed by atoms with E-state index < -0.39 is 17.7 Å². The van der Waals surface area contributed by atoms with Gasteiger partial charge in [0.1, 0.15) is 30.8 Å². The Morgan fingerprint density at radius 1 is 1.06 bits per heavy atom. The van der Waals surface area contributed by atoms with Gasteiger partial charge in [-0.3, -0.25) is 14.6 Å². The molecule has 1 fully saturated rings. The average Bonchev–Trinajstić information content (AvgIpc) is 3.13. The first kappa shape index (κ1) is 21.5. The first-order valence-electron chi connectivity index (χ1n) is 10.8. The van der Waals surface area contributed by atoms with Crippen LogP contribution in [0.25, 0.3) is 5.76 Å². The number of methoxy groups -OCH3 is 1. The van der Waals surface area contributed by atoms with Crippen LogP contribution in [0.2, 0.25) is 0 Å². The van der Waals surface area contributed by atoms with E-state index in [0.717, 1.165) is 5.56 Å². The number of aliphatic hydroxyl groups excluding tert-OH is 1. The molecule has 3 aromatic rings. The predicted octanol–water partition coefficient (Wildman–Crippen LogP) is 3.48. The second kappa shape index (κ2) is 8.90. The minimum absolute atomic E-state index is 0.0322. The molecule has 0 bridgehead atoms. The third-order valence-corrected chi connectivity index (χ3v) is 5.86. The van der Waals surface area contributed by atoms with E-state index in [2.05, 4.69) is 4.98 Å². The Morgan fingerprint density at radius 3 is 2.59 bits per heavy atom. The van der Waals surface area contributed by atoms with E-state index in [4.69, 9.17) is 14.2 Å². The van der Waals surface area contributed by atoms with Crippen LogP contribution in [0.3, 0.4) is 0 Å². The molecule has 2 aromatic carbocycles. The number of hydrogen-bond acceptors (Lipinski definition) is 7. The summed E-state index contributed by atoms with van der Waals surface area (Å²) in [6, 6.07) is 16.6. The van der Waals surface area contributed by atoms with Crippen molar-refractivity contribution in [3.05, 3.63) is 89.3 Å². The molecule has 1 aromatic heterocycles. The zero-order chi connectivity index (χ0) is 23.7. The van der Waals surface area contributed by atoms with Gasteiger partial charge < -0.3 is 24.2 Å². The third kappa shape index (κ3) is 3.73.